The van der Waals surface area contributed by atoms with Crippen LogP contribution in [0.4, 0.5) is 0 Å². The number of aryl methyl sites for hydroxylation is 1. The van der Waals surface area contributed by atoms with E-state index in [1.807, 2.05) is 12.1 Å². The monoisotopic (exact) mass is 305 g/mol. The number of benzene rings is 1. The first kappa shape index (κ1) is 16.8. The lowest BCUT2D eigenvalue weighted by Gasteiger charge is -2.15. The van der Waals surface area contributed by atoms with Gasteiger partial charge in [0.2, 0.25) is 0 Å². The fourth-order valence-electron chi connectivity index (χ4n) is 2.83. The summed E-state index contributed by atoms with van der Waals surface area (Å²) in [6.07, 6.45) is 6.72. The molecule has 0 aliphatic carbocycles. The van der Waals surface area contributed by atoms with Crippen molar-refractivity contribution in [2.45, 2.75) is 44.9 Å². The number of carboxylic acids is 1. The van der Waals surface area contributed by atoms with E-state index in [0.717, 1.165) is 44.6 Å². The van der Waals surface area contributed by atoms with Crippen molar-refractivity contribution in [3.05, 3.63) is 29.8 Å². The van der Waals surface area contributed by atoms with Gasteiger partial charge in [0.05, 0.1) is 0 Å². The van der Waals surface area contributed by atoms with Crippen molar-refractivity contribution in [2.75, 3.05) is 26.2 Å². The van der Waals surface area contributed by atoms with Crippen molar-refractivity contribution in [2.24, 2.45) is 0 Å². The normalized spacial score (nSPS) is 15.1. The molecule has 4 nitrogen and oxygen atoms in total. The van der Waals surface area contributed by atoms with Gasteiger partial charge in [0.25, 0.3) is 0 Å². The summed E-state index contributed by atoms with van der Waals surface area (Å²) in [5.74, 6) is 0.240. The number of rotatable bonds is 10. The summed E-state index contributed by atoms with van der Waals surface area (Å²) in [5, 5.41) is 8.58. The summed E-state index contributed by atoms with van der Waals surface area (Å²) in [6, 6.07) is 8.30. The third kappa shape index (κ3) is 6.48. The standard InChI is InChI=1S/C18H27NO3/c20-18(21)7-3-1-2-6-16-8-10-17(11-9-16)22-15-14-19-12-4-5-13-19/h8-11H,1-7,12-15H2,(H,20,21). The summed E-state index contributed by atoms with van der Waals surface area (Å²) in [7, 11) is 0. The van der Waals surface area contributed by atoms with E-state index in [1.54, 1.807) is 0 Å². The number of likely N-dealkylation sites (tertiary alicyclic amines) is 1. The second-order valence-corrected chi connectivity index (χ2v) is 6.00. The molecule has 0 amide bonds. The number of nitrogens with zero attached hydrogens (tertiary/aromatic N) is 1. The lowest BCUT2D eigenvalue weighted by molar-refractivity contribution is -0.137. The van der Waals surface area contributed by atoms with Crippen LogP contribution in [0.15, 0.2) is 24.3 Å². The van der Waals surface area contributed by atoms with Gasteiger partial charge in [-0.1, -0.05) is 18.6 Å². The number of carboxylic acid groups (broad SMARTS) is 1. The van der Waals surface area contributed by atoms with E-state index < -0.39 is 5.97 Å². The van der Waals surface area contributed by atoms with E-state index in [4.69, 9.17) is 9.84 Å². The number of aliphatic carboxylic acids is 1. The van der Waals surface area contributed by atoms with Crippen LogP contribution in [0.25, 0.3) is 0 Å². The molecule has 1 aromatic rings. The zero-order valence-corrected chi connectivity index (χ0v) is 13.3. The molecule has 0 radical (unpaired) electrons. The predicted molar refractivity (Wildman–Crippen MR) is 87.4 cm³/mol. The van der Waals surface area contributed by atoms with Crippen LogP contribution >= 0.6 is 0 Å². The molecule has 1 aromatic carbocycles. The summed E-state index contributed by atoms with van der Waals surface area (Å²) in [5.41, 5.74) is 1.29. The minimum absolute atomic E-state index is 0.282. The average Bonchev–Trinajstić information content (AvgIpc) is 3.01. The quantitative estimate of drug-likeness (QED) is 0.674. The molecular weight excluding hydrogens is 278 g/mol. The Hall–Kier alpha value is -1.55. The molecule has 1 aliphatic heterocycles. The largest absolute Gasteiger partial charge is 0.492 e. The number of unbranched alkanes of at least 4 members (excludes halogenated alkanes) is 2. The highest BCUT2D eigenvalue weighted by atomic mass is 16.5. The number of carbonyl (C=O) groups is 1. The van der Waals surface area contributed by atoms with Gasteiger partial charge in [0.1, 0.15) is 12.4 Å². The lowest BCUT2D eigenvalue weighted by atomic mass is 10.1. The molecule has 1 fully saturated rings. The second kappa shape index (κ2) is 9.46. The SMILES string of the molecule is O=C(O)CCCCCc1ccc(OCCN2CCCC2)cc1. The third-order valence-corrected chi connectivity index (χ3v) is 4.15. The van der Waals surface area contributed by atoms with Gasteiger partial charge < -0.3 is 9.84 Å². The molecule has 0 spiro atoms. The molecule has 22 heavy (non-hydrogen) atoms. The fourth-order valence-corrected chi connectivity index (χ4v) is 2.83. The highest BCUT2D eigenvalue weighted by Gasteiger charge is 2.10. The zero-order chi connectivity index (χ0) is 15.6. The number of ether oxygens (including phenoxy) is 1. The Balaban J connectivity index is 1.59. The first-order valence-electron chi connectivity index (χ1n) is 8.40. The number of hydrogen-bond donors (Lipinski definition) is 1. The lowest BCUT2D eigenvalue weighted by Crippen LogP contribution is -2.25. The molecule has 1 heterocycles. The van der Waals surface area contributed by atoms with Crippen LogP contribution in [-0.2, 0) is 11.2 Å². The van der Waals surface area contributed by atoms with Crippen molar-refractivity contribution < 1.29 is 14.6 Å². The molecule has 1 N–H and O–H groups in total. The first-order chi connectivity index (χ1) is 10.7. The molecule has 2 rings (SSSR count). The Labute approximate surface area is 133 Å². The predicted octanol–water partition coefficient (Wildman–Crippen LogP) is 3.35. The van der Waals surface area contributed by atoms with E-state index in [0.29, 0.717) is 0 Å². The van der Waals surface area contributed by atoms with Crippen molar-refractivity contribution in [3.8, 4) is 5.75 Å². The van der Waals surface area contributed by atoms with Gasteiger partial charge in [-0.2, -0.15) is 0 Å². The molecule has 0 bridgehead atoms. The molecule has 0 atom stereocenters. The molecule has 1 saturated heterocycles. The maximum Gasteiger partial charge on any atom is 0.303 e. The Morgan fingerprint density at radius 1 is 1.09 bits per heavy atom. The second-order valence-electron chi connectivity index (χ2n) is 6.00. The summed E-state index contributed by atoms with van der Waals surface area (Å²) in [4.78, 5) is 12.9. The van der Waals surface area contributed by atoms with Gasteiger partial charge in [-0.25, -0.2) is 0 Å². The maximum absolute atomic E-state index is 10.4. The average molecular weight is 305 g/mol. The van der Waals surface area contributed by atoms with Gasteiger partial charge in [-0.3, -0.25) is 9.69 Å². The fraction of sp³-hybridized carbons (Fsp3) is 0.611. The highest BCUT2D eigenvalue weighted by molar-refractivity contribution is 5.66. The van der Waals surface area contributed by atoms with Crippen LogP contribution in [0.1, 0.15) is 44.1 Å². The molecular formula is C18H27NO3. The van der Waals surface area contributed by atoms with E-state index in [1.165, 1.54) is 31.5 Å². The van der Waals surface area contributed by atoms with Gasteiger partial charge in [0.15, 0.2) is 0 Å². The first-order valence-corrected chi connectivity index (χ1v) is 8.40. The van der Waals surface area contributed by atoms with Crippen LogP contribution in [-0.4, -0.2) is 42.2 Å². The molecule has 0 unspecified atom stereocenters. The van der Waals surface area contributed by atoms with E-state index >= 15 is 0 Å². The topological polar surface area (TPSA) is 49.8 Å². The molecule has 4 heteroatoms. The molecule has 0 aromatic heterocycles. The number of hydrogen-bond acceptors (Lipinski definition) is 3. The highest BCUT2D eigenvalue weighted by Crippen LogP contribution is 2.15. The van der Waals surface area contributed by atoms with Crippen molar-refractivity contribution in [1.82, 2.24) is 4.90 Å². The van der Waals surface area contributed by atoms with Gasteiger partial charge in [0, 0.05) is 13.0 Å². The van der Waals surface area contributed by atoms with Crippen LogP contribution in [0.5, 0.6) is 5.75 Å². The Bertz CT molecular complexity index is 438. The zero-order valence-electron chi connectivity index (χ0n) is 13.3. The van der Waals surface area contributed by atoms with Crippen molar-refractivity contribution in [1.29, 1.82) is 0 Å². The van der Waals surface area contributed by atoms with Crippen molar-refractivity contribution >= 4 is 5.97 Å². The minimum atomic E-state index is -0.699. The van der Waals surface area contributed by atoms with Crippen LogP contribution in [0.2, 0.25) is 0 Å². The van der Waals surface area contributed by atoms with Gasteiger partial charge >= 0.3 is 5.97 Å². The smallest absolute Gasteiger partial charge is 0.303 e. The van der Waals surface area contributed by atoms with Crippen LogP contribution < -0.4 is 4.74 Å². The van der Waals surface area contributed by atoms with E-state index in [2.05, 4.69) is 17.0 Å². The van der Waals surface area contributed by atoms with Crippen molar-refractivity contribution in [3.63, 3.8) is 0 Å². The van der Waals surface area contributed by atoms with Gasteiger partial charge in [-0.05, 0) is 62.9 Å². The Morgan fingerprint density at radius 2 is 1.82 bits per heavy atom. The molecule has 0 saturated carbocycles. The van der Waals surface area contributed by atoms with Crippen LogP contribution in [0, 0.1) is 0 Å². The minimum Gasteiger partial charge on any atom is -0.492 e. The Morgan fingerprint density at radius 3 is 2.50 bits per heavy atom. The molecule has 1 aliphatic rings. The summed E-state index contributed by atoms with van der Waals surface area (Å²) >= 11 is 0. The van der Waals surface area contributed by atoms with E-state index in [9.17, 15) is 4.79 Å². The summed E-state index contributed by atoms with van der Waals surface area (Å²) < 4.78 is 5.79. The summed E-state index contributed by atoms with van der Waals surface area (Å²) in [6.45, 7) is 4.20. The third-order valence-electron chi connectivity index (χ3n) is 4.15. The van der Waals surface area contributed by atoms with Gasteiger partial charge in [-0.15, -0.1) is 0 Å². The van der Waals surface area contributed by atoms with Crippen LogP contribution in [0.3, 0.4) is 0 Å². The van der Waals surface area contributed by atoms with E-state index in [-0.39, 0.29) is 6.42 Å². The molecule has 122 valence electrons. The maximum atomic E-state index is 10.4. The Kier molecular flexibility index (Phi) is 7.23.